The van der Waals surface area contributed by atoms with Crippen LogP contribution in [0.25, 0.3) is 11.1 Å². The first-order valence-electron chi connectivity index (χ1n) is 6.63. The highest BCUT2D eigenvalue weighted by Gasteiger charge is 2.05. The van der Waals surface area contributed by atoms with Gasteiger partial charge in [0.25, 0.3) is 5.91 Å². The van der Waals surface area contributed by atoms with E-state index in [2.05, 4.69) is 27.8 Å². The standard InChI is InChI=1S/C17H14N2OS/c20-17(14-4-2-1-3-5-14)19-10-13-8-16(11-18-9-13)15-6-7-21-12-15/h1-9,11-12H,10H2,(H,19,20). The summed E-state index contributed by atoms with van der Waals surface area (Å²) in [5.41, 5.74) is 3.88. The quantitative estimate of drug-likeness (QED) is 0.796. The second-order valence-corrected chi connectivity index (χ2v) is 5.42. The van der Waals surface area contributed by atoms with Crippen molar-refractivity contribution in [3.8, 4) is 11.1 Å². The SMILES string of the molecule is O=C(NCc1cncc(-c2ccsc2)c1)c1ccccc1. The molecule has 3 rings (SSSR count). The van der Waals surface area contributed by atoms with Crippen LogP contribution in [0.5, 0.6) is 0 Å². The van der Waals surface area contributed by atoms with E-state index in [0.29, 0.717) is 12.1 Å². The van der Waals surface area contributed by atoms with Crippen molar-refractivity contribution in [1.29, 1.82) is 0 Å². The highest BCUT2D eigenvalue weighted by atomic mass is 32.1. The number of rotatable bonds is 4. The first-order chi connectivity index (χ1) is 10.3. The molecule has 0 aliphatic heterocycles. The first-order valence-corrected chi connectivity index (χ1v) is 7.57. The topological polar surface area (TPSA) is 42.0 Å². The molecule has 1 aromatic carbocycles. The molecule has 3 aromatic rings. The third-order valence-electron chi connectivity index (χ3n) is 3.14. The molecular weight excluding hydrogens is 280 g/mol. The zero-order valence-electron chi connectivity index (χ0n) is 11.3. The number of hydrogen-bond donors (Lipinski definition) is 1. The average Bonchev–Trinajstić information content (AvgIpc) is 3.08. The fourth-order valence-electron chi connectivity index (χ4n) is 2.04. The van der Waals surface area contributed by atoms with E-state index in [1.54, 1.807) is 29.7 Å². The van der Waals surface area contributed by atoms with Crippen LogP contribution in [-0.4, -0.2) is 10.9 Å². The van der Waals surface area contributed by atoms with Crippen molar-refractivity contribution in [2.45, 2.75) is 6.54 Å². The molecule has 0 saturated heterocycles. The molecular formula is C17H14N2OS. The molecule has 0 aliphatic rings. The van der Waals surface area contributed by atoms with Crippen molar-refractivity contribution in [2.75, 3.05) is 0 Å². The van der Waals surface area contributed by atoms with Gasteiger partial charge in [0.2, 0.25) is 0 Å². The first kappa shape index (κ1) is 13.5. The summed E-state index contributed by atoms with van der Waals surface area (Å²) >= 11 is 1.66. The Labute approximate surface area is 127 Å². The lowest BCUT2D eigenvalue weighted by Gasteiger charge is -2.06. The number of nitrogens with one attached hydrogen (secondary N) is 1. The van der Waals surface area contributed by atoms with Crippen LogP contribution >= 0.6 is 11.3 Å². The second-order valence-electron chi connectivity index (χ2n) is 4.64. The molecule has 0 spiro atoms. The van der Waals surface area contributed by atoms with E-state index in [9.17, 15) is 4.79 Å². The van der Waals surface area contributed by atoms with Crippen LogP contribution < -0.4 is 5.32 Å². The lowest BCUT2D eigenvalue weighted by molar-refractivity contribution is 0.0951. The normalized spacial score (nSPS) is 10.3. The predicted molar refractivity (Wildman–Crippen MR) is 85.2 cm³/mol. The van der Waals surface area contributed by atoms with Gasteiger partial charge < -0.3 is 5.32 Å². The maximum absolute atomic E-state index is 12.0. The Morgan fingerprint density at radius 3 is 2.71 bits per heavy atom. The number of hydrogen-bond acceptors (Lipinski definition) is 3. The maximum atomic E-state index is 12.0. The average molecular weight is 294 g/mol. The van der Waals surface area contributed by atoms with Gasteiger partial charge >= 0.3 is 0 Å². The number of carbonyl (C=O) groups excluding carboxylic acids is 1. The molecule has 2 aromatic heterocycles. The summed E-state index contributed by atoms with van der Waals surface area (Å²) < 4.78 is 0. The second kappa shape index (κ2) is 6.33. The molecule has 3 nitrogen and oxygen atoms in total. The van der Waals surface area contributed by atoms with Crippen LogP contribution in [0.3, 0.4) is 0 Å². The van der Waals surface area contributed by atoms with Crippen LogP contribution in [0, 0.1) is 0 Å². The van der Waals surface area contributed by atoms with Crippen molar-refractivity contribution in [3.05, 3.63) is 76.7 Å². The smallest absolute Gasteiger partial charge is 0.251 e. The van der Waals surface area contributed by atoms with Crippen LogP contribution in [0.15, 0.2) is 65.6 Å². The fourth-order valence-corrected chi connectivity index (χ4v) is 2.71. The van der Waals surface area contributed by atoms with E-state index in [0.717, 1.165) is 16.7 Å². The number of nitrogens with zero attached hydrogens (tertiary/aromatic N) is 1. The highest BCUT2D eigenvalue weighted by molar-refractivity contribution is 7.08. The summed E-state index contributed by atoms with van der Waals surface area (Å²) in [5.74, 6) is -0.0727. The summed E-state index contributed by atoms with van der Waals surface area (Å²) in [7, 11) is 0. The molecule has 0 fully saturated rings. The van der Waals surface area contributed by atoms with E-state index in [1.165, 1.54) is 0 Å². The Hall–Kier alpha value is -2.46. The van der Waals surface area contributed by atoms with Crippen molar-refractivity contribution < 1.29 is 4.79 Å². The Balaban J connectivity index is 1.69. The van der Waals surface area contributed by atoms with Crippen LogP contribution in [0.2, 0.25) is 0 Å². The molecule has 1 N–H and O–H groups in total. The molecule has 104 valence electrons. The molecule has 0 radical (unpaired) electrons. The number of benzene rings is 1. The van der Waals surface area contributed by atoms with Crippen LogP contribution in [-0.2, 0) is 6.54 Å². The summed E-state index contributed by atoms with van der Waals surface area (Å²) in [6, 6.07) is 13.3. The number of carbonyl (C=O) groups is 1. The molecule has 0 bridgehead atoms. The minimum absolute atomic E-state index is 0.0727. The Bertz CT molecular complexity index is 724. The summed E-state index contributed by atoms with van der Waals surface area (Å²) in [6.45, 7) is 0.471. The summed E-state index contributed by atoms with van der Waals surface area (Å²) in [4.78, 5) is 16.2. The third kappa shape index (κ3) is 3.35. The molecule has 0 saturated carbocycles. The fraction of sp³-hybridized carbons (Fsp3) is 0.0588. The molecule has 21 heavy (non-hydrogen) atoms. The molecule has 0 unspecified atom stereocenters. The monoisotopic (exact) mass is 294 g/mol. The predicted octanol–water partition coefficient (Wildman–Crippen LogP) is 3.74. The molecule has 1 amide bonds. The maximum Gasteiger partial charge on any atom is 0.251 e. The Morgan fingerprint density at radius 2 is 1.95 bits per heavy atom. The van der Waals surface area contributed by atoms with Crippen molar-refractivity contribution in [2.24, 2.45) is 0 Å². The number of amides is 1. The summed E-state index contributed by atoms with van der Waals surface area (Å²) in [6.07, 6.45) is 3.62. The van der Waals surface area contributed by atoms with Crippen molar-refractivity contribution in [1.82, 2.24) is 10.3 Å². The zero-order chi connectivity index (χ0) is 14.5. The third-order valence-corrected chi connectivity index (χ3v) is 3.82. The molecule has 0 aliphatic carbocycles. The minimum Gasteiger partial charge on any atom is -0.348 e. The highest BCUT2D eigenvalue weighted by Crippen LogP contribution is 2.21. The van der Waals surface area contributed by atoms with E-state index in [-0.39, 0.29) is 5.91 Å². The van der Waals surface area contributed by atoms with E-state index < -0.39 is 0 Å². The largest absolute Gasteiger partial charge is 0.348 e. The van der Waals surface area contributed by atoms with Gasteiger partial charge in [-0.25, -0.2) is 0 Å². The van der Waals surface area contributed by atoms with Gasteiger partial charge in [-0.1, -0.05) is 18.2 Å². The zero-order valence-corrected chi connectivity index (χ0v) is 12.1. The molecule has 4 heteroatoms. The van der Waals surface area contributed by atoms with Crippen LogP contribution in [0.4, 0.5) is 0 Å². The van der Waals surface area contributed by atoms with Crippen molar-refractivity contribution >= 4 is 17.2 Å². The van der Waals surface area contributed by atoms with Gasteiger partial charge in [0.15, 0.2) is 0 Å². The number of aromatic nitrogens is 1. The van der Waals surface area contributed by atoms with Gasteiger partial charge in [-0.2, -0.15) is 11.3 Å². The lowest BCUT2D eigenvalue weighted by atomic mass is 10.1. The van der Waals surface area contributed by atoms with Gasteiger partial charge in [-0.05, 0) is 46.2 Å². The van der Waals surface area contributed by atoms with E-state index in [1.807, 2.05) is 29.8 Å². The summed E-state index contributed by atoms with van der Waals surface area (Å²) in [5, 5.41) is 7.04. The Morgan fingerprint density at radius 1 is 1.10 bits per heavy atom. The molecule has 0 atom stereocenters. The van der Waals surface area contributed by atoms with Crippen molar-refractivity contribution in [3.63, 3.8) is 0 Å². The van der Waals surface area contributed by atoms with Gasteiger partial charge in [0.05, 0.1) is 0 Å². The van der Waals surface area contributed by atoms with Gasteiger partial charge in [-0.3, -0.25) is 9.78 Å². The number of thiophene rings is 1. The van der Waals surface area contributed by atoms with Gasteiger partial charge in [0, 0.05) is 30.1 Å². The lowest BCUT2D eigenvalue weighted by Crippen LogP contribution is -2.22. The van der Waals surface area contributed by atoms with E-state index in [4.69, 9.17) is 0 Å². The Kier molecular flexibility index (Phi) is 4.07. The van der Waals surface area contributed by atoms with E-state index >= 15 is 0 Å². The number of pyridine rings is 1. The minimum atomic E-state index is -0.0727. The molecule has 2 heterocycles. The van der Waals surface area contributed by atoms with Gasteiger partial charge in [0.1, 0.15) is 0 Å². The van der Waals surface area contributed by atoms with Crippen LogP contribution in [0.1, 0.15) is 15.9 Å². The van der Waals surface area contributed by atoms with Gasteiger partial charge in [-0.15, -0.1) is 0 Å².